The van der Waals surface area contributed by atoms with Crippen LogP contribution < -0.4 is 0 Å². The van der Waals surface area contributed by atoms with Gasteiger partial charge in [-0.05, 0) is 0 Å². The van der Waals surface area contributed by atoms with Gasteiger partial charge in [-0.1, -0.05) is 0 Å². The Balaban J connectivity index is -0.0000000178. The molecule has 0 saturated heterocycles. The third-order valence-electron chi connectivity index (χ3n) is 0. The molecule has 0 aliphatic rings. The maximum atomic E-state index is 8.74. The van der Waals surface area contributed by atoms with E-state index in [-0.39, 0.29) is 151 Å². The van der Waals surface area contributed by atoms with Gasteiger partial charge in [0.2, 0.25) is 0 Å². The summed E-state index contributed by atoms with van der Waals surface area (Å²) in [5.41, 5.74) is 0. The molecule has 0 aliphatic heterocycles. The first-order valence-electron chi connectivity index (χ1n) is 1.59. The Bertz CT molecular complexity index is 156. The zero-order valence-corrected chi connectivity index (χ0v) is 6.22. The SMILES string of the molecule is O=S(=O)(O)O.O[Si](O)(O)O.[CaH2].[CaH2].[CaH2].[CaH2]. The van der Waals surface area contributed by atoms with E-state index < -0.39 is 19.4 Å². The van der Waals surface area contributed by atoms with Crippen molar-refractivity contribution in [3.05, 3.63) is 0 Å². The summed E-state index contributed by atoms with van der Waals surface area (Å²) >= 11 is 0. The molecule has 0 aromatic rings. The van der Waals surface area contributed by atoms with E-state index in [9.17, 15) is 0 Å². The van der Waals surface area contributed by atoms with E-state index in [1.807, 2.05) is 0 Å². The summed E-state index contributed by atoms with van der Waals surface area (Å²) in [6.45, 7) is 0. The standard InChI is InChI=1S/4Ca.H2O4S.H4O4Si.8H/c;;;;2*1-5(2,3)4;;;;;;;;/h;;;;(H2,1,2,3,4);1-4H;;;;;;;;. The fourth-order valence-electron chi connectivity index (χ4n) is 0. The molecular formula is H14Ca4O8SSi. The van der Waals surface area contributed by atoms with Gasteiger partial charge in [0, 0.05) is 0 Å². The minimum atomic E-state index is -4.67. The van der Waals surface area contributed by atoms with E-state index in [4.69, 9.17) is 36.7 Å². The van der Waals surface area contributed by atoms with E-state index in [1.54, 1.807) is 0 Å². The van der Waals surface area contributed by atoms with Crippen molar-refractivity contribution in [1.29, 1.82) is 0 Å². The van der Waals surface area contributed by atoms with Crippen molar-refractivity contribution in [1.82, 2.24) is 0 Å². The van der Waals surface area contributed by atoms with Gasteiger partial charge in [0.15, 0.2) is 0 Å². The molecule has 0 aromatic carbocycles. The average molecular weight is 363 g/mol. The molecule has 0 radical (unpaired) electrons. The van der Waals surface area contributed by atoms with Crippen LogP contribution in [0.25, 0.3) is 0 Å². The normalized spacial score (nSPS) is 8.43. The first kappa shape index (κ1) is 36.4. The van der Waals surface area contributed by atoms with Crippen LogP contribution in [0.1, 0.15) is 0 Å². The van der Waals surface area contributed by atoms with Crippen LogP contribution >= 0.6 is 0 Å². The number of rotatable bonds is 0. The van der Waals surface area contributed by atoms with E-state index in [0.29, 0.717) is 0 Å². The van der Waals surface area contributed by atoms with Crippen LogP contribution in [0.2, 0.25) is 0 Å². The zero-order chi connectivity index (χ0) is 9.00. The molecule has 0 spiro atoms. The summed E-state index contributed by atoms with van der Waals surface area (Å²) in [6, 6.07) is 0. The molecule has 14 heteroatoms. The molecule has 0 bridgehead atoms. The predicted molar refractivity (Wildman–Crippen MR) is 63.0 cm³/mol. The quantitative estimate of drug-likeness (QED) is 0.183. The second-order valence-electron chi connectivity index (χ2n) is 1.05. The Hall–Kier alpha value is 4.97. The van der Waals surface area contributed by atoms with Crippen LogP contribution in [-0.2, 0) is 10.4 Å². The van der Waals surface area contributed by atoms with Crippen LogP contribution in [0.3, 0.4) is 0 Å². The second kappa shape index (κ2) is 18.0. The molecular weight excluding hydrogens is 348 g/mol. The topological polar surface area (TPSA) is 156 Å². The van der Waals surface area contributed by atoms with Gasteiger partial charge in [0.1, 0.15) is 0 Å². The van der Waals surface area contributed by atoms with E-state index in [1.165, 1.54) is 0 Å². The van der Waals surface area contributed by atoms with Gasteiger partial charge in [0.05, 0.1) is 0 Å². The van der Waals surface area contributed by atoms with Crippen molar-refractivity contribution in [2.24, 2.45) is 0 Å². The summed E-state index contributed by atoms with van der Waals surface area (Å²) in [5, 5.41) is 0. The van der Waals surface area contributed by atoms with Crippen molar-refractivity contribution in [3.8, 4) is 0 Å². The summed E-state index contributed by atoms with van der Waals surface area (Å²) in [7, 11) is -9.28. The Morgan fingerprint density at radius 1 is 0.714 bits per heavy atom. The van der Waals surface area contributed by atoms with Crippen LogP contribution in [0, 0.1) is 0 Å². The summed E-state index contributed by atoms with van der Waals surface area (Å²) < 4.78 is 31.6. The Morgan fingerprint density at radius 3 is 0.714 bits per heavy atom. The van der Waals surface area contributed by atoms with Gasteiger partial charge in [-0.15, -0.1) is 0 Å². The fraction of sp³-hybridized carbons (Fsp3) is 0. The molecule has 80 valence electrons. The monoisotopic (exact) mass is 362 g/mol. The molecule has 0 fully saturated rings. The first-order chi connectivity index (χ1) is 4.00. The number of hydrogen-bond donors (Lipinski definition) is 6. The molecule has 0 unspecified atom stereocenters. The number of hydrogen-bond acceptors (Lipinski definition) is 6. The minimum absolute atomic E-state index is 0. The summed E-state index contributed by atoms with van der Waals surface area (Å²) in [4.78, 5) is 29.3. The molecule has 0 saturated carbocycles. The van der Waals surface area contributed by atoms with Crippen molar-refractivity contribution >= 4 is 170 Å². The van der Waals surface area contributed by atoms with Crippen LogP contribution in [-0.4, -0.2) is 197 Å². The molecule has 0 aromatic heterocycles. The molecule has 0 rings (SSSR count). The molecule has 0 heterocycles. The van der Waals surface area contributed by atoms with E-state index in [2.05, 4.69) is 0 Å². The Morgan fingerprint density at radius 2 is 0.714 bits per heavy atom. The van der Waals surface area contributed by atoms with Crippen LogP contribution in [0.5, 0.6) is 0 Å². The van der Waals surface area contributed by atoms with E-state index >= 15 is 0 Å². The van der Waals surface area contributed by atoms with Gasteiger partial charge >= 0.3 is 170 Å². The van der Waals surface area contributed by atoms with Crippen molar-refractivity contribution in [3.63, 3.8) is 0 Å². The van der Waals surface area contributed by atoms with Gasteiger partial charge < -0.3 is 19.2 Å². The van der Waals surface area contributed by atoms with Crippen molar-refractivity contribution < 1.29 is 36.7 Å². The molecule has 0 amide bonds. The van der Waals surface area contributed by atoms with Crippen LogP contribution in [0.4, 0.5) is 0 Å². The molecule has 0 aliphatic carbocycles. The van der Waals surface area contributed by atoms with Gasteiger partial charge in [-0.2, -0.15) is 8.42 Å². The predicted octanol–water partition coefficient (Wildman–Crippen LogP) is -6.93. The van der Waals surface area contributed by atoms with E-state index in [0.717, 1.165) is 0 Å². The van der Waals surface area contributed by atoms with Gasteiger partial charge in [0.25, 0.3) is 0 Å². The third-order valence-corrected chi connectivity index (χ3v) is 0. The molecule has 14 heavy (non-hydrogen) atoms. The first-order valence-corrected chi connectivity index (χ1v) is 4.78. The summed E-state index contributed by atoms with van der Waals surface area (Å²) in [5.74, 6) is 0. The van der Waals surface area contributed by atoms with Gasteiger partial charge in [-0.3, -0.25) is 9.11 Å². The Kier molecular flexibility index (Phi) is 46.7. The zero-order valence-electron chi connectivity index (χ0n) is 4.41. The Labute approximate surface area is 202 Å². The summed E-state index contributed by atoms with van der Waals surface area (Å²) in [6.07, 6.45) is 0. The molecule has 6 N–H and O–H groups in total. The third kappa shape index (κ3) is 175. The van der Waals surface area contributed by atoms with Crippen LogP contribution in [0.15, 0.2) is 0 Å². The fourth-order valence-corrected chi connectivity index (χ4v) is 0. The second-order valence-corrected chi connectivity index (χ2v) is 3.14. The average Bonchev–Trinajstić information content (AvgIpc) is 1.12. The van der Waals surface area contributed by atoms with Crippen molar-refractivity contribution in [2.75, 3.05) is 0 Å². The molecule has 8 nitrogen and oxygen atoms in total. The molecule has 0 atom stereocenters. The van der Waals surface area contributed by atoms with Crippen molar-refractivity contribution in [2.45, 2.75) is 0 Å². The van der Waals surface area contributed by atoms with Gasteiger partial charge in [-0.25, -0.2) is 0 Å². The maximum absolute atomic E-state index is 8.74.